The second-order valence-electron chi connectivity index (χ2n) is 4.89. The molecule has 2 N–H and O–H groups in total. The molecule has 1 rings (SSSR count). The largest absolute Gasteiger partial charge is 0.466 e. The molecule has 0 radical (unpaired) electrons. The number of carbonyl (C=O) groups is 3. The van der Waals surface area contributed by atoms with Gasteiger partial charge in [-0.25, -0.2) is 9.59 Å². The van der Waals surface area contributed by atoms with Gasteiger partial charge in [0.15, 0.2) is 0 Å². The number of ether oxygens (including phenoxy) is 1. The summed E-state index contributed by atoms with van der Waals surface area (Å²) in [7, 11) is 1.28. The minimum Gasteiger partial charge on any atom is -0.466 e. The van der Waals surface area contributed by atoms with Crippen LogP contribution in [0, 0.1) is 0 Å². The highest BCUT2D eigenvalue weighted by atomic mass is 16.5. The predicted octanol–water partition coefficient (Wildman–Crippen LogP) is 1.14. The fourth-order valence-electron chi connectivity index (χ4n) is 2.26. The summed E-state index contributed by atoms with van der Waals surface area (Å²) in [4.78, 5) is 35.6. The molecule has 1 aliphatic heterocycles. The van der Waals surface area contributed by atoms with E-state index in [-0.39, 0.29) is 11.9 Å². The molecule has 0 bridgehead atoms. The summed E-state index contributed by atoms with van der Waals surface area (Å²) in [6.45, 7) is 2.24. The number of rotatable bonds is 5. The van der Waals surface area contributed by atoms with Crippen molar-refractivity contribution in [1.82, 2.24) is 10.2 Å². The number of amides is 2. The topological polar surface area (TPSA) is 95.9 Å². The van der Waals surface area contributed by atoms with Gasteiger partial charge in [-0.1, -0.05) is 13.0 Å². The Hall–Kier alpha value is -2.05. The van der Waals surface area contributed by atoms with Crippen molar-refractivity contribution in [3.63, 3.8) is 0 Å². The van der Waals surface area contributed by atoms with E-state index in [9.17, 15) is 14.4 Å². The van der Waals surface area contributed by atoms with Crippen LogP contribution in [0.15, 0.2) is 12.2 Å². The molecule has 0 saturated carbocycles. The standard InChI is InChI=1S/C14H22N2O5/c1-3-10(7-8-12(17)21-2)15-13(18)11-6-4-5-9-16(11)14(19)20/h7-8,10-11H,3-6,9H2,1-2H3,(H,15,18)(H,19,20)/b8-7+/t10-,11-/m0/s1. The van der Waals surface area contributed by atoms with Crippen LogP contribution in [0.25, 0.3) is 0 Å². The first-order valence-corrected chi connectivity index (χ1v) is 7.05. The summed E-state index contributed by atoms with van der Waals surface area (Å²) in [5.74, 6) is -0.814. The van der Waals surface area contributed by atoms with Crippen LogP contribution in [0.3, 0.4) is 0 Å². The molecule has 7 nitrogen and oxygen atoms in total. The highest BCUT2D eigenvalue weighted by Gasteiger charge is 2.32. The number of likely N-dealkylation sites (tertiary alicyclic amines) is 1. The van der Waals surface area contributed by atoms with Crippen molar-refractivity contribution < 1.29 is 24.2 Å². The summed E-state index contributed by atoms with van der Waals surface area (Å²) in [5.41, 5.74) is 0. The molecule has 2 atom stereocenters. The summed E-state index contributed by atoms with van der Waals surface area (Å²) < 4.78 is 4.49. The molecule has 0 unspecified atom stereocenters. The minimum atomic E-state index is -1.08. The van der Waals surface area contributed by atoms with Gasteiger partial charge in [0, 0.05) is 18.7 Å². The Kier molecular flexibility index (Phi) is 6.71. The van der Waals surface area contributed by atoms with Gasteiger partial charge in [-0.05, 0) is 25.7 Å². The monoisotopic (exact) mass is 298 g/mol. The summed E-state index contributed by atoms with van der Waals surface area (Å²) >= 11 is 0. The second-order valence-corrected chi connectivity index (χ2v) is 4.89. The van der Waals surface area contributed by atoms with Crippen LogP contribution in [0.2, 0.25) is 0 Å². The number of hydrogen-bond donors (Lipinski definition) is 2. The average molecular weight is 298 g/mol. The van der Waals surface area contributed by atoms with Crippen LogP contribution in [0.4, 0.5) is 4.79 Å². The van der Waals surface area contributed by atoms with E-state index in [1.807, 2.05) is 6.92 Å². The number of carboxylic acid groups (broad SMARTS) is 1. The van der Waals surface area contributed by atoms with Gasteiger partial charge in [-0.2, -0.15) is 0 Å². The number of carbonyl (C=O) groups excluding carboxylic acids is 2. The number of nitrogens with zero attached hydrogens (tertiary/aromatic N) is 1. The molecule has 1 saturated heterocycles. The SMILES string of the molecule is CC[C@@H](/C=C/C(=O)OC)NC(=O)[C@@H]1CCCCN1C(=O)O. The number of methoxy groups -OCH3 is 1. The van der Waals surface area contributed by atoms with Crippen LogP contribution < -0.4 is 5.32 Å². The Morgan fingerprint density at radius 3 is 2.71 bits per heavy atom. The number of esters is 1. The van der Waals surface area contributed by atoms with Gasteiger partial charge in [0.2, 0.25) is 5.91 Å². The Bertz CT molecular complexity index is 422. The Labute approximate surface area is 123 Å². The summed E-state index contributed by atoms with van der Waals surface area (Å²) in [6, 6.07) is -0.981. The van der Waals surface area contributed by atoms with Crippen LogP contribution in [-0.4, -0.2) is 53.7 Å². The first-order valence-electron chi connectivity index (χ1n) is 7.05. The lowest BCUT2D eigenvalue weighted by atomic mass is 10.0. The van der Waals surface area contributed by atoms with Gasteiger partial charge in [0.05, 0.1) is 7.11 Å². The van der Waals surface area contributed by atoms with Gasteiger partial charge in [-0.15, -0.1) is 0 Å². The van der Waals surface area contributed by atoms with Gasteiger partial charge in [0.25, 0.3) is 0 Å². The molecule has 0 aromatic carbocycles. The predicted molar refractivity (Wildman–Crippen MR) is 75.7 cm³/mol. The summed E-state index contributed by atoms with van der Waals surface area (Å²) in [6.07, 6.45) is 4.45. The van der Waals surface area contributed by atoms with E-state index >= 15 is 0 Å². The molecule has 7 heteroatoms. The maximum Gasteiger partial charge on any atom is 0.407 e. The maximum absolute atomic E-state index is 12.2. The molecule has 0 aromatic rings. The molecule has 2 amide bonds. The third kappa shape index (κ3) is 5.09. The van der Waals surface area contributed by atoms with Crippen molar-refractivity contribution in [1.29, 1.82) is 0 Å². The van der Waals surface area contributed by atoms with Gasteiger partial charge in [0.1, 0.15) is 6.04 Å². The van der Waals surface area contributed by atoms with Crippen molar-refractivity contribution in [3.8, 4) is 0 Å². The Morgan fingerprint density at radius 2 is 2.14 bits per heavy atom. The van der Waals surface area contributed by atoms with Crippen LogP contribution in [0.1, 0.15) is 32.6 Å². The molecule has 0 aromatic heterocycles. The lowest BCUT2D eigenvalue weighted by Crippen LogP contribution is -2.53. The zero-order valence-corrected chi connectivity index (χ0v) is 12.4. The first-order chi connectivity index (χ1) is 9.99. The smallest absolute Gasteiger partial charge is 0.407 e. The Morgan fingerprint density at radius 1 is 1.43 bits per heavy atom. The highest BCUT2D eigenvalue weighted by molar-refractivity contribution is 5.86. The van der Waals surface area contributed by atoms with Crippen molar-refractivity contribution in [2.75, 3.05) is 13.7 Å². The third-order valence-corrected chi connectivity index (χ3v) is 3.48. The molecule has 1 fully saturated rings. The molecule has 0 aliphatic carbocycles. The number of piperidine rings is 1. The first kappa shape index (κ1) is 17.0. The molecular weight excluding hydrogens is 276 g/mol. The number of hydrogen-bond acceptors (Lipinski definition) is 4. The maximum atomic E-state index is 12.2. The zero-order valence-electron chi connectivity index (χ0n) is 12.4. The van der Waals surface area contributed by atoms with E-state index in [2.05, 4.69) is 10.1 Å². The molecule has 118 valence electrons. The number of nitrogens with one attached hydrogen (secondary N) is 1. The average Bonchev–Trinajstić information content (AvgIpc) is 2.50. The lowest BCUT2D eigenvalue weighted by Gasteiger charge is -2.33. The van der Waals surface area contributed by atoms with Gasteiger partial charge >= 0.3 is 12.1 Å². The van der Waals surface area contributed by atoms with Crippen molar-refractivity contribution in [2.45, 2.75) is 44.7 Å². The fourth-order valence-corrected chi connectivity index (χ4v) is 2.26. The van der Waals surface area contributed by atoms with Gasteiger partial charge in [-0.3, -0.25) is 9.69 Å². The Balaban J connectivity index is 2.66. The van der Waals surface area contributed by atoms with Crippen molar-refractivity contribution in [2.24, 2.45) is 0 Å². The minimum absolute atomic E-state index is 0.321. The second kappa shape index (κ2) is 8.28. The van der Waals surface area contributed by atoms with E-state index in [1.165, 1.54) is 18.1 Å². The van der Waals surface area contributed by atoms with Gasteiger partial charge < -0.3 is 15.2 Å². The van der Waals surface area contributed by atoms with Crippen LogP contribution >= 0.6 is 0 Å². The third-order valence-electron chi connectivity index (χ3n) is 3.48. The van der Waals surface area contributed by atoms with E-state index in [1.54, 1.807) is 6.08 Å². The normalized spacial score (nSPS) is 20.1. The van der Waals surface area contributed by atoms with E-state index in [0.29, 0.717) is 19.4 Å². The van der Waals surface area contributed by atoms with E-state index in [0.717, 1.165) is 12.8 Å². The molecule has 1 aliphatic rings. The summed E-state index contributed by atoms with van der Waals surface area (Å²) in [5, 5.41) is 11.9. The molecule has 1 heterocycles. The fraction of sp³-hybridized carbons (Fsp3) is 0.643. The van der Waals surface area contributed by atoms with Crippen molar-refractivity contribution in [3.05, 3.63) is 12.2 Å². The highest BCUT2D eigenvalue weighted by Crippen LogP contribution is 2.17. The van der Waals surface area contributed by atoms with Crippen LogP contribution in [0.5, 0.6) is 0 Å². The molecule has 21 heavy (non-hydrogen) atoms. The molecule has 0 spiro atoms. The zero-order chi connectivity index (χ0) is 15.8. The lowest BCUT2D eigenvalue weighted by molar-refractivity contribution is -0.135. The molecular formula is C14H22N2O5. The van der Waals surface area contributed by atoms with Crippen LogP contribution in [-0.2, 0) is 14.3 Å². The van der Waals surface area contributed by atoms with Crippen molar-refractivity contribution >= 4 is 18.0 Å². The van der Waals surface area contributed by atoms with E-state index < -0.39 is 18.1 Å². The van der Waals surface area contributed by atoms with E-state index in [4.69, 9.17) is 5.11 Å². The quantitative estimate of drug-likeness (QED) is 0.586.